The molecule has 6 heteroatoms. The van der Waals surface area contributed by atoms with Crippen LogP contribution in [0.3, 0.4) is 0 Å². The number of fused-ring (bicyclic) bond motifs is 1. The molecule has 0 aliphatic rings. The second-order valence-corrected chi connectivity index (χ2v) is 6.21. The Bertz CT molecular complexity index is 1160. The van der Waals surface area contributed by atoms with Crippen molar-refractivity contribution in [2.75, 3.05) is 0 Å². The molecule has 0 aliphatic carbocycles. The lowest BCUT2D eigenvalue weighted by Crippen LogP contribution is -2.25. The van der Waals surface area contributed by atoms with Crippen molar-refractivity contribution < 1.29 is 4.39 Å². The molecule has 0 spiro atoms. The minimum Gasteiger partial charge on any atom is -0.327 e. The monoisotopic (exact) mass is 348 g/mol. The first-order valence-corrected chi connectivity index (χ1v) is 8.29. The van der Waals surface area contributed by atoms with Crippen LogP contribution in [0, 0.1) is 19.7 Å². The normalized spacial score (nSPS) is 11.2. The molecular weight excluding hydrogens is 331 g/mol. The molecule has 0 amide bonds. The Balaban J connectivity index is 1.97. The Morgan fingerprint density at radius 3 is 2.46 bits per heavy atom. The van der Waals surface area contributed by atoms with E-state index < -0.39 is 0 Å². The summed E-state index contributed by atoms with van der Waals surface area (Å²) in [5, 5.41) is 0.527. The van der Waals surface area contributed by atoms with Crippen LogP contribution in [0.5, 0.6) is 0 Å². The van der Waals surface area contributed by atoms with Gasteiger partial charge in [-0.2, -0.15) is 0 Å². The maximum Gasteiger partial charge on any atom is 0.266 e. The van der Waals surface area contributed by atoms with E-state index in [2.05, 4.69) is 4.98 Å². The van der Waals surface area contributed by atoms with Gasteiger partial charge in [0.05, 0.1) is 35.2 Å². The third-order valence-electron chi connectivity index (χ3n) is 4.59. The topological polar surface area (TPSA) is 52.7 Å². The largest absolute Gasteiger partial charge is 0.327 e. The van der Waals surface area contributed by atoms with Gasteiger partial charge in [0.15, 0.2) is 0 Å². The molecule has 0 unspecified atom stereocenters. The van der Waals surface area contributed by atoms with Crippen LogP contribution in [0.4, 0.5) is 4.39 Å². The molecule has 0 N–H and O–H groups in total. The summed E-state index contributed by atoms with van der Waals surface area (Å²) in [5.41, 5.74) is 2.99. The third kappa shape index (κ3) is 2.69. The minimum atomic E-state index is -0.349. The highest BCUT2D eigenvalue weighted by Crippen LogP contribution is 2.16. The second kappa shape index (κ2) is 6.22. The number of rotatable bonds is 3. The number of hydrogen-bond acceptors (Lipinski definition) is 3. The van der Waals surface area contributed by atoms with E-state index in [0.717, 1.165) is 11.4 Å². The molecule has 2 heterocycles. The van der Waals surface area contributed by atoms with Crippen molar-refractivity contribution in [2.24, 2.45) is 0 Å². The van der Waals surface area contributed by atoms with Crippen molar-refractivity contribution in [1.82, 2.24) is 19.1 Å². The van der Waals surface area contributed by atoms with Gasteiger partial charge in [-0.25, -0.2) is 14.4 Å². The van der Waals surface area contributed by atoms with Crippen molar-refractivity contribution >= 4 is 10.9 Å². The van der Waals surface area contributed by atoms with E-state index in [1.165, 1.54) is 16.7 Å². The summed E-state index contributed by atoms with van der Waals surface area (Å²) in [6.07, 6.45) is 1.74. The maximum atomic E-state index is 13.3. The van der Waals surface area contributed by atoms with Gasteiger partial charge >= 0.3 is 0 Å². The van der Waals surface area contributed by atoms with Crippen LogP contribution in [0.15, 0.2) is 59.7 Å². The fourth-order valence-corrected chi connectivity index (χ4v) is 3.00. The fraction of sp³-hybridized carbons (Fsp3) is 0.150. The van der Waals surface area contributed by atoms with Crippen molar-refractivity contribution in [3.8, 4) is 5.69 Å². The molecule has 0 fully saturated rings. The first-order chi connectivity index (χ1) is 12.5. The average Bonchev–Trinajstić information content (AvgIpc) is 2.95. The first-order valence-electron chi connectivity index (χ1n) is 8.29. The van der Waals surface area contributed by atoms with Crippen molar-refractivity contribution in [3.63, 3.8) is 0 Å². The van der Waals surface area contributed by atoms with Crippen LogP contribution in [0.2, 0.25) is 0 Å². The second-order valence-electron chi connectivity index (χ2n) is 6.21. The van der Waals surface area contributed by atoms with Crippen molar-refractivity contribution in [2.45, 2.75) is 20.4 Å². The molecule has 130 valence electrons. The van der Waals surface area contributed by atoms with Crippen molar-refractivity contribution in [1.29, 1.82) is 0 Å². The number of imidazole rings is 1. The van der Waals surface area contributed by atoms with Crippen LogP contribution in [-0.4, -0.2) is 19.1 Å². The summed E-state index contributed by atoms with van der Waals surface area (Å²) >= 11 is 0. The molecule has 0 bridgehead atoms. The first kappa shape index (κ1) is 16.2. The molecule has 4 aromatic rings. The Morgan fingerprint density at radius 2 is 1.77 bits per heavy atom. The molecule has 2 aromatic heterocycles. The Kier molecular flexibility index (Phi) is 3.88. The highest BCUT2D eigenvalue weighted by molar-refractivity contribution is 5.77. The third-order valence-corrected chi connectivity index (χ3v) is 4.59. The molecule has 0 aliphatic heterocycles. The average molecular weight is 348 g/mol. The van der Waals surface area contributed by atoms with Gasteiger partial charge in [0, 0.05) is 5.69 Å². The standard InChI is InChI=1S/C20H17FN4O/c1-13-14(2)24(12-22-13)11-19-23-18-6-4-3-5-17(18)20(26)25(19)16-9-7-15(21)8-10-16/h3-10,12H,11H2,1-2H3. The Morgan fingerprint density at radius 1 is 1.04 bits per heavy atom. The quantitative estimate of drug-likeness (QED) is 0.570. The number of benzene rings is 2. The van der Waals surface area contributed by atoms with Gasteiger partial charge in [0.2, 0.25) is 0 Å². The van der Waals surface area contributed by atoms with E-state index in [1.807, 2.05) is 36.6 Å². The lowest BCUT2D eigenvalue weighted by Gasteiger charge is -2.15. The molecule has 0 saturated carbocycles. The summed E-state index contributed by atoms with van der Waals surface area (Å²) in [4.78, 5) is 22.1. The number of halogens is 1. The molecule has 26 heavy (non-hydrogen) atoms. The van der Waals surface area contributed by atoms with Crippen LogP contribution in [-0.2, 0) is 6.54 Å². The Hall–Kier alpha value is -3.28. The van der Waals surface area contributed by atoms with Crippen LogP contribution in [0.1, 0.15) is 17.2 Å². The molecule has 4 rings (SSSR count). The molecular formula is C20H17FN4O. The molecule has 0 radical (unpaired) electrons. The van der Waals surface area contributed by atoms with Gasteiger partial charge < -0.3 is 4.57 Å². The van der Waals surface area contributed by atoms with E-state index in [4.69, 9.17) is 4.98 Å². The zero-order valence-corrected chi connectivity index (χ0v) is 14.5. The zero-order valence-electron chi connectivity index (χ0n) is 14.5. The lowest BCUT2D eigenvalue weighted by atomic mass is 10.2. The maximum absolute atomic E-state index is 13.3. The van der Waals surface area contributed by atoms with Gasteiger partial charge in [0.25, 0.3) is 5.56 Å². The summed E-state index contributed by atoms with van der Waals surface area (Å²) in [6.45, 7) is 4.31. The SMILES string of the molecule is Cc1ncn(Cc2nc3ccccc3c(=O)n2-c2ccc(F)cc2)c1C. The molecule has 2 aromatic carbocycles. The van der Waals surface area contributed by atoms with Crippen LogP contribution >= 0.6 is 0 Å². The minimum absolute atomic E-state index is 0.174. The smallest absolute Gasteiger partial charge is 0.266 e. The lowest BCUT2D eigenvalue weighted by molar-refractivity contribution is 0.626. The van der Waals surface area contributed by atoms with Gasteiger partial charge in [-0.15, -0.1) is 0 Å². The van der Waals surface area contributed by atoms with E-state index in [0.29, 0.717) is 29.0 Å². The highest BCUT2D eigenvalue weighted by Gasteiger charge is 2.14. The van der Waals surface area contributed by atoms with Gasteiger partial charge in [-0.3, -0.25) is 9.36 Å². The molecule has 0 atom stereocenters. The van der Waals surface area contributed by atoms with E-state index in [9.17, 15) is 9.18 Å². The molecule has 0 saturated heterocycles. The zero-order chi connectivity index (χ0) is 18.3. The fourth-order valence-electron chi connectivity index (χ4n) is 3.00. The number of aryl methyl sites for hydroxylation is 1. The Labute approximate surface area is 149 Å². The number of hydrogen-bond donors (Lipinski definition) is 0. The van der Waals surface area contributed by atoms with Crippen LogP contribution in [0.25, 0.3) is 16.6 Å². The summed E-state index contributed by atoms with van der Waals surface area (Å²) in [6, 6.07) is 13.1. The van der Waals surface area contributed by atoms with E-state index >= 15 is 0 Å². The van der Waals surface area contributed by atoms with Crippen molar-refractivity contribution in [3.05, 3.63) is 88.2 Å². The van der Waals surface area contributed by atoms with E-state index in [1.54, 1.807) is 24.5 Å². The van der Waals surface area contributed by atoms with Gasteiger partial charge in [0.1, 0.15) is 11.6 Å². The van der Waals surface area contributed by atoms with Gasteiger partial charge in [-0.1, -0.05) is 12.1 Å². The number of aromatic nitrogens is 4. The van der Waals surface area contributed by atoms with E-state index in [-0.39, 0.29) is 11.4 Å². The highest BCUT2D eigenvalue weighted by atomic mass is 19.1. The predicted molar refractivity (Wildman–Crippen MR) is 98.1 cm³/mol. The summed E-state index contributed by atoms with van der Waals surface area (Å²) < 4.78 is 16.8. The van der Waals surface area contributed by atoms with Crippen LogP contribution < -0.4 is 5.56 Å². The molecule has 5 nitrogen and oxygen atoms in total. The van der Waals surface area contributed by atoms with Gasteiger partial charge in [-0.05, 0) is 50.2 Å². The number of nitrogens with zero attached hydrogens (tertiary/aromatic N) is 4. The number of para-hydroxylation sites is 1. The summed E-state index contributed by atoms with van der Waals surface area (Å²) in [5.74, 6) is 0.221. The predicted octanol–water partition coefficient (Wildman–Crippen LogP) is 3.39. The summed E-state index contributed by atoms with van der Waals surface area (Å²) in [7, 11) is 0.